The summed E-state index contributed by atoms with van der Waals surface area (Å²) in [6.07, 6.45) is 7.30. The zero-order valence-electron chi connectivity index (χ0n) is 11.3. The number of nitrogens with zero attached hydrogens (tertiary/aromatic N) is 2. The van der Waals surface area contributed by atoms with Crippen LogP contribution in [0.3, 0.4) is 0 Å². The van der Waals surface area contributed by atoms with Crippen molar-refractivity contribution < 1.29 is 4.79 Å². The molecule has 1 amide bonds. The van der Waals surface area contributed by atoms with Crippen molar-refractivity contribution in [2.24, 2.45) is 10.9 Å². The molecular weight excluding hydrogens is 258 g/mol. The predicted molar refractivity (Wildman–Crippen MR) is 83.4 cm³/mol. The lowest BCUT2D eigenvalue weighted by Crippen LogP contribution is -2.33. The minimum Gasteiger partial charge on any atom is -0.342 e. The summed E-state index contributed by atoms with van der Waals surface area (Å²) in [6.45, 7) is 5.07. The zero-order chi connectivity index (χ0) is 14.1. The van der Waals surface area contributed by atoms with Gasteiger partial charge in [-0.25, -0.2) is 0 Å². The molecule has 1 aliphatic heterocycles. The molecule has 0 aromatic rings. The molecule has 1 saturated heterocycles. The second kappa shape index (κ2) is 8.91. The Kier molecular flexibility index (Phi) is 7.48. The first-order chi connectivity index (χ1) is 9.17. The Balaban J connectivity index is 2.42. The maximum Gasteiger partial charge on any atom is 0.228 e. The largest absolute Gasteiger partial charge is 0.342 e. The molecule has 0 spiro atoms. The Morgan fingerprint density at radius 1 is 1.47 bits per heavy atom. The average Bonchev–Trinajstić information content (AvgIpc) is 2.62. The van der Waals surface area contributed by atoms with E-state index in [1.54, 1.807) is 0 Å². The van der Waals surface area contributed by atoms with E-state index >= 15 is 0 Å². The summed E-state index contributed by atoms with van der Waals surface area (Å²) >= 11 is 4.28. The SMILES string of the molecule is C=CN=CC(=N)CC(=O)N1CCCC(CCS)CC1. The molecule has 0 aliphatic carbocycles. The molecule has 1 aliphatic rings. The highest BCUT2D eigenvalue weighted by molar-refractivity contribution is 7.80. The molecule has 0 aromatic carbocycles. The van der Waals surface area contributed by atoms with Crippen molar-refractivity contribution in [1.29, 1.82) is 5.41 Å². The first kappa shape index (κ1) is 16.0. The van der Waals surface area contributed by atoms with Crippen LogP contribution in [0, 0.1) is 11.3 Å². The Morgan fingerprint density at radius 3 is 2.95 bits per heavy atom. The van der Waals surface area contributed by atoms with E-state index in [1.165, 1.54) is 18.8 Å². The van der Waals surface area contributed by atoms with Crippen molar-refractivity contribution >= 4 is 30.5 Å². The van der Waals surface area contributed by atoms with Crippen LogP contribution in [0.15, 0.2) is 17.8 Å². The molecule has 1 unspecified atom stereocenters. The number of hydrogen-bond acceptors (Lipinski definition) is 4. The van der Waals surface area contributed by atoms with Crippen molar-refractivity contribution in [1.82, 2.24) is 4.90 Å². The van der Waals surface area contributed by atoms with Gasteiger partial charge in [-0.1, -0.05) is 6.58 Å². The van der Waals surface area contributed by atoms with Crippen LogP contribution >= 0.6 is 12.6 Å². The monoisotopic (exact) mass is 281 g/mol. The number of hydrogen-bond donors (Lipinski definition) is 2. The molecule has 106 valence electrons. The van der Waals surface area contributed by atoms with Gasteiger partial charge in [-0.15, -0.1) is 0 Å². The third kappa shape index (κ3) is 6.05. The van der Waals surface area contributed by atoms with E-state index in [2.05, 4.69) is 24.2 Å². The van der Waals surface area contributed by atoms with E-state index in [0.717, 1.165) is 38.1 Å². The lowest BCUT2D eigenvalue weighted by molar-refractivity contribution is -0.129. The molecule has 1 heterocycles. The maximum atomic E-state index is 12.1. The van der Waals surface area contributed by atoms with E-state index in [9.17, 15) is 4.79 Å². The van der Waals surface area contributed by atoms with Crippen LogP contribution < -0.4 is 0 Å². The molecule has 0 saturated carbocycles. The lowest BCUT2D eigenvalue weighted by Gasteiger charge is -2.20. The van der Waals surface area contributed by atoms with Crippen molar-refractivity contribution in [3.63, 3.8) is 0 Å². The quantitative estimate of drug-likeness (QED) is 0.570. The summed E-state index contributed by atoms with van der Waals surface area (Å²) in [5.41, 5.74) is 0.237. The maximum absolute atomic E-state index is 12.1. The fraction of sp³-hybridized carbons (Fsp3) is 0.643. The van der Waals surface area contributed by atoms with Crippen LogP contribution in [0.5, 0.6) is 0 Å². The van der Waals surface area contributed by atoms with Gasteiger partial charge in [0.15, 0.2) is 0 Å². The molecular formula is C14H23N3OS. The van der Waals surface area contributed by atoms with Gasteiger partial charge in [0.1, 0.15) is 0 Å². The summed E-state index contributed by atoms with van der Waals surface area (Å²) in [5, 5.41) is 7.65. The van der Waals surface area contributed by atoms with Crippen molar-refractivity contribution in [3.05, 3.63) is 12.8 Å². The van der Waals surface area contributed by atoms with Crippen LogP contribution in [0.2, 0.25) is 0 Å². The molecule has 0 bridgehead atoms. The molecule has 0 aromatic heterocycles. The summed E-state index contributed by atoms with van der Waals surface area (Å²) in [4.78, 5) is 17.7. The van der Waals surface area contributed by atoms with E-state index in [0.29, 0.717) is 5.92 Å². The van der Waals surface area contributed by atoms with Crippen molar-refractivity contribution in [2.75, 3.05) is 18.8 Å². The fourth-order valence-corrected chi connectivity index (χ4v) is 2.71. The van der Waals surface area contributed by atoms with Gasteiger partial charge in [0.05, 0.1) is 12.1 Å². The Morgan fingerprint density at radius 2 is 2.26 bits per heavy atom. The smallest absolute Gasteiger partial charge is 0.228 e. The Hall–Kier alpha value is -1.10. The highest BCUT2D eigenvalue weighted by Crippen LogP contribution is 2.21. The number of carbonyl (C=O) groups excluding carboxylic acids is 1. The van der Waals surface area contributed by atoms with Gasteiger partial charge < -0.3 is 10.3 Å². The number of thiol groups is 1. The van der Waals surface area contributed by atoms with Crippen molar-refractivity contribution in [2.45, 2.75) is 32.1 Å². The summed E-state index contributed by atoms with van der Waals surface area (Å²) < 4.78 is 0. The molecule has 1 atom stereocenters. The molecule has 4 nitrogen and oxygen atoms in total. The van der Waals surface area contributed by atoms with Gasteiger partial charge in [0.25, 0.3) is 0 Å². The number of carbonyl (C=O) groups is 1. The zero-order valence-corrected chi connectivity index (χ0v) is 12.2. The number of amides is 1. The Bertz CT molecular complexity index is 355. The minimum atomic E-state index is 0.0343. The fourth-order valence-electron chi connectivity index (χ4n) is 2.35. The average molecular weight is 281 g/mol. The van der Waals surface area contributed by atoms with Gasteiger partial charge in [0.2, 0.25) is 5.91 Å². The van der Waals surface area contributed by atoms with Crippen LogP contribution in [0.25, 0.3) is 0 Å². The van der Waals surface area contributed by atoms with Gasteiger partial charge in [-0.3, -0.25) is 9.79 Å². The molecule has 0 radical (unpaired) electrons. The Labute approximate surface area is 120 Å². The molecule has 1 rings (SSSR count). The number of nitrogens with one attached hydrogen (secondary N) is 1. The molecule has 5 heteroatoms. The normalized spacial score (nSPS) is 20.3. The number of aliphatic imine (C=N–C) groups is 1. The lowest BCUT2D eigenvalue weighted by atomic mass is 9.98. The van der Waals surface area contributed by atoms with E-state index < -0.39 is 0 Å². The second-order valence-electron chi connectivity index (χ2n) is 4.85. The molecule has 1 fully saturated rings. The third-order valence-corrected chi connectivity index (χ3v) is 3.67. The van der Waals surface area contributed by atoms with E-state index in [4.69, 9.17) is 5.41 Å². The topological polar surface area (TPSA) is 56.5 Å². The third-order valence-electron chi connectivity index (χ3n) is 3.42. The highest BCUT2D eigenvalue weighted by atomic mass is 32.1. The summed E-state index contributed by atoms with van der Waals surface area (Å²) in [7, 11) is 0. The second-order valence-corrected chi connectivity index (χ2v) is 5.30. The van der Waals surface area contributed by atoms with Gasteiger partial charge >= 0.3 is 0 Å². The first-order valence-corrected chi connectivity index (χ1v) is 7.40. The van der Waals surface area contributed by atoms with Gasteiger partial charge in [-0.2, -0.15) is 12.6 Å². The summed E-state index contributed by atoms with van der Waals surface area (Å²) in [5.74, 6) is 1.64. The highest BCUT2D eigenvalue weighted by Gasteiger charge is 2.20. The van der Waals surface area contributed by atoms with E-state index in [-0.39, 0.29) is 18.0 Å². The minimum absolute atomic E-state index is 0.0343. The van der Waals surface area contributed by atoms with Crippen LogP contribution in [0.1, 0.15) is 32.1 Å². The number of rotatable bonds is 6. The molecule has 1 N–H and O–H groups in total. The van der Waals surface area contributed by atoms with Gasteiger partial charge in [-0.05, 0) is 37.4 Å². The first-order valence-electron chi connectivity index (χ1n) is 6.77. The summed E-state index contributed by atoms with van der Waals surface area (Å²) in [6, 6.07) is 0. The van der Waals surface area contributed by atoms with Crippen LogP contribution in [0.4, 0.5) is 0 Å². The predicted octanol–water partition coefficient (Wildman–Crippen LogP) is 2.56. The standard InChI is InChI=1S/C14H23N3OS/c1-2-16-11-13(15)10-14(18)17-7-3-4-12(5-8-17)6-9-19/h2,11-12,15,19H,1,3-10H2. The van der Waals surface area contributed by atoms with Crippen molar-refractivity contribution in [3.8, 4) is 0 Å². The van der Waals surface area contributed by atoms with E-state index in [1.807, 2.05) is 4.90 Å². The van der Waals surface area contributed by atoms with Gasteiger partial charge in [0, 0.05) is 25.5 Å². The van der Waals surface area contributed by atoms with Crippen LogP contribution in [-0.2, 0) is 4.79 Å². The number of likely N-dealkylation sites (tertiary alicyclic amines) is 1. The van der Waals surface area contributed by atoms with Crippen LogP contribution in [-0.4, -0.2) is 41.6 Å². The molecule has 19 heavy (non-hydrogen) atoms.